The van der Waals surface area contributed by atoms with E-state index in [1.807, 2.05) is 36.8 Å². The Bertz CT molecular complexity index is 9450. The molecule has 19 aromatic carbocycles. The number of para-hydroxylation sites is 6. The van der Waals surface area contributed by atoms with Gasteiger partial charge in [0.2, 0.25) is 0 Å². The van der Waals surface area contributed by atoms with Gasteiger partial charge in [0.1, 0.15) is 16.9 Å². The second-order valence-corrected chi connectivity index (χ2v) is 32.7. The van der Waals surface area contributed by atoms with Crippen molar-refractivity contribution in [3.63, 3.8) is 0 Å². The van der Waals surface area contributed by atoms with Crippen molar-refractivity contribution in [3.05, 3.63) is 419 Å². The third kappa shape index (κ3) is 11.0. The SMILES string of the molecule is c1ccc2c(-c3ccc(-c4ccc5c6ccc7cccnc7c6c6nc7ccccc7n6c5c4)cc3)cccc2c1.c1ccc2c(c1)cc(-c1ccc(-c3ccc4c5ccc6cccnc6c5c5nc6ccccc6n5c4c3)cc1)c1ccccc12.c1ccc2c(c1)cc(-c1ccc3c4ccc5cccnc5c4c4nc5ccccc5n4c3c1)c1ccccc12. The minimum atomic E-state index is 0.943. The number of fused-ring (bicyclic) bond motifs is 37. The predicted molar refractivity (Wildman–Crippen MR) is 524 cm³/mol. The maximum atomic E-state index is 5.16. The molecule has 0 fully saturated rings. The van der Waals surface area contributed by atoms with Crippen molar-refractivity contribution >= 4 is 202 Å². The van der Waals surface area contributed by atoms with Gasteiger partial charge in [-0.05, 0) is 211 Å². The van der Waals surface area contributed by atoms with Gasteiger partial charge in [-0.1, -0.05) is 315 Å². The molecule has 9 heterocycles. The number of imidazole rings is 3. The van der Waals surface area contributed by atoms with Crippen LogP contribution < -0.4 is 0 Å². The van der Waals surface area contributed by atoms with E-state index in [9.17, 15) is 0 Å². The molecular formula is C116H69N9. The Morgan fingerprint density at radius 1 is 0.160 bits per heavy atom. The zero-order chi connectivity index (χ0) is 81.9. The fraction of sp³-hybridized carbons (Fsp3) is 0. The molecule has 0 saturated heterocycles. The summed E-state index contributed by atoms with van der Waals surface area (Å²) in [4.78, 5) is 29.9. The molecule has 28 aromatic rings. The minimum Gasteiger partial charge on any atom is -0.292 e. The number of rotatable bonds is 5. The summed E-state index contributed by atoms with van der Waals surface area (Å²) < 4.78 is 6.96. The highest BCUT2D eigenvalue weighted by atomic mass is 15.0. The van der Waals surface area contributed by atoms with E-state index >= 15 is 0 Å². The second kappa shape index (κ2) is 27.9. The van der Waals surface area contributed by atoms with Gasteiger partial charge in [-0.3, -0.25) is 28.2 Å². The molecule has 0 aliphatic carbocycles. The first-order valence-corrected chi connectivity index (χ1v) is 42.5. The summed E-state index contributed by atoms with van der Waals surface area (Å²) >= 11 is 0. The molecule has 0 N–H and O–H groups in total. The first kappa shape index (κ1) is 70.0. The van der Waals surface area contributed by atoms with E-state index in [1.165, 1.54) is 142 Å². The molecule has 0 bridgehead atoms. The summed E-state index contributed by atoms with van der Waals surface area (Å²) in [5.74, 6) is 0. The van der Waals surface area contributed by atoms with Crippen LogP contribution in [0.3, 0.4) is 0 Å². The molecule has 0 spiro atoms. The van der Waals surface area contributed by atoms with Gasteiger partial charge in [-0.2, -0.15) is 0 Å². The largest absolute Gasteiger partial charge is 0.292 e. The van der Waals surface area contributed by atoms with Gasteiger partial charge >= 0.3 is 0 Å². The lowest BCUT2D eigenvalue weighted by Gasteiger charge is -2.14. The van der Waals surface area contributed by atoms with Crippen LogP contribution in [0, 0.1) is 0 Å². The van der Waals surface area contributed by atoms with Crippen molar-refractivity contribution in [1.82, 2.24) is 43.1 Å². The Balaban J connectivity index is 0.000000100. The minimum absolute atomic E-state index is 0.943. The van der Waals surface area contributed by atoms with Crippen LogP contribution in [0.1, 0.15) is 0 Å². The monoisotopic (exact) mass is 1590 g/mol. The van der Waals surface area contributed by atoms with Crippen LogP contribution in [0.15, 0.2) is 419 Å². The van der Waals surface area contributed by atoms with E-state index in [1.54, 1.807) is 0 Å². The maximum Gasteiger partial charge on any atom is 0.148 e. The Labute approximate surface area is 714 Å². The second-order valence-electron chi connectivity index (χ2n) is 32.7. The molecule has 125 heavy (non-hydrogen) atoms. The zero-order valence-corrected chi connectivity index (χ0v) is 67.4. The van der Waals surface area contributed by atoms with Gasteiger partial charge in [0, 0.05) is 50.9 Å². The third-order valence-corrected chi connectivity index (χ3v) is 26.0. The number of pyridine rings is 6. The Hall–Kier alpha value is -16.9. The number of hydrogen-bond acceptors (Lipinski definition) is 6. The highest BCUT2D eigenvalue weighted by molar-refractivity contribution is 6.26. The molecule has 0 aliphatic heterocycles. The average Bonchev–Trinajstić information content (AvgIpc) is 1.61. The summed E-state index contributed by atoms with van der Waals surface area (Å²) in [7, 11) is 0. The van der Waals surface area contributed by atoms with E-state index in [0.717, 1.165) is 115 Å². The smallest absolute Gasteiger partial charge is 0.148 e. The van der Waals surface area contributed by atoms with Gasteiger partial charge in [0.05, 0.1) is 82.4 Å². The summed E-state index contributed by atoms with van der Waals surface area (Å²) in [6, 6.07) is 144. The van der Waals surface area contributed by atoms with E-state index in [2.05, 4.69) is 395 Å². The van der Waals surface area contributed by atoms with Gasteiger partial charge in [-0.15, -0.1) is 0 Å². The van der Waals surface area contributed by atoms with E-state index < -0.39 is 0 Å². The molecule has 0 amide bonds. The quantitative estimate of drug-likeness (QED) is 0.160. The van der Waals surface area contributed by atoms with Crippen molar-refractivity contribution in [2.45, 2.75) is 0 Å². The topological polar surface area (TPSA) is 90.6 Å². The molecule has 0 unspecified atom stereocenters. The molecule has 28 rings (SSSR count). The first-order valence-electron chi connectivity index (χ1n) is 42.5. The van der Waals surface area contributed by atoms with Gasteiger partial charge < -0.3 is 0 Å². The Morgan fingerprint density at radius 2 is 0.464 bits per heavy atom. The van der Waals surface area contributed by atoms with Crippen LogP contribution >= 0.6 is 0 Å². The van der Waals surface area contributed by atoms with Crippen molar-refractivity contribution in [2.24, 2.45) is 0 Å². The van der Waals surface area contributed by atoms with Crippen LogP contribution in [0.4, 0.5) is 0 Å². The average molecular weight is 1590 g/mol. The molecule has 0 atom stereocenters. The first-order chi connectivity index (χ1) is 62.0. The lowest BCUT2D eigenvalue weighted by molar-refractivity contribution is 1.31. The lowest BCUT2D eigenvalue weighted by Crippen LogP contribution is -1.94. The normalized spacial score (nSPS) is 12.0. The van der Waals surface area contributed by atoms with E-state index in [0.29, 0.717) is 0 Å². The summed E-state index contributed by atoms with van der Waals surface area (Å²) in [6.45, 7) is 0. The van der Waals surface area contributed by atoms with E-state index in [-0.39, 0.29) is 0 Å². The summed E-state index contributed by atoms with van der Waals surface area (Å²) in [5.41, 5.74) is 27.6. The van der Waals surface area contributed by atoms with Crippen LogP contribution in [0.25, 0.3) is 257 Å². The Morgan fingerprint density at radius 3 is 0.896 bits per heavy atom. The van der Waals surface area contributed by atoms with Crippen molar-refractivity contribution in [2.75, 3.05) is 0 Å². The Kier molecular flexibility index (Phi) is 15.6. The number of benzene rings is 19. The number of nitrogens with zero attached hydrogens (tertiary/aromatic N) is 9. The maximum absolute atomic E-state index is 5.16. The van der Waals surface area contributed by atoms with E-state index in [4.69, 9.17) is 29.9 Å². The van der Waals surface area contributed by atoms with Gasteiger partial charge in [0.15, 0.2) is 0 Å². The highest BCUT2D eigenvalue weighted by Crippen LogP contribution is 2.45. The molecule has 9 nitrogen and oxygen atoms in total. The van der Waals surface area contributed by atoms with Crippen molar-refractivity contribution in [3.8, 4) is 55.6 Å². The molecule has 0 saturated carbocycles. The standard InChI is InChI=1S/C42H25N3.C38H23N3.C36H21N3/c1-2-10-31-30(8-1)24-36(33-12-4-3-11-32(31)33)27-17-15-26(16-18-27)29-20-21-34-35-22-19-28-9-7-23-43-41(28)40(35)42-44-37-13-5-6-14-38(37)45(42)39(34)25-29;1-2-10-29-25(7-1)8-5-11-30(29)26-16-14-24(15-17-26)28-19-20-31-32-21-18-27-9-6-22-39-37(27)36(32)38-40-33-12-3-4-13-34(33)41(38)35(31)23-28;1-2-10-25-23(8-1)20-30(27-12-4-3-11-26(25)27)24-16-17-28-29-18-15-22-9-7-19-37-35(22)34(29)36-38-31-13-5-6-14-32(31)39(36)33(28)21-24/h1-25H;1-23H;1-21H. The summed E-state index contributed by atoms with van der Waals surface area (Å²) in [5, 5.41) is 26.5. The van der Waals surface area contributed by atoms with Crippen LogP contribution in [0.2, 0.25) is 0 Å². The molecule has 9 heteroatoms. The van der Waals surface area contributed by atoms with Crippen LogP contribution in [0.5, 0.6) is 0 Å². The van der Waals surface area contributed by atoms with Gasteiger partial charge in [0.25, 0.3) is 0 Å². The molecule has 0 aliphatic rings. The fourth-order valence-electron chi connectivity index (χ4n) is 20.2. The van der Waals surface area contributed by atoms with Crippen molar-refractivity contribution in [1.29, 1.82) is 0 Å². The molecule has 9 aromatic heterocycles. The van der Waals surface area contributed by atoms with Crippen LogP contribution in [-0.2, 0) is 0 Å². The summed E-state index contributed by atoms with van der Waals surface area (Å²) in [6.07, 6.45) is 5.62. The highest BCUT2D eigenvalue weighted by Gasteiger charge is 2.23. The van der Waals surface area contributed by atoms with Crippen LogP contribution in [-0.4, -0.2) is 43.1 Å². The van der Waals surface area contributed by atoms with Crippen molar-refractivity contribution < 1.29 is 0 Å². The predicted octanol–water partition coefficient (Wildman–Crippen LogP) is 30.1. The number of hydrogen-bond donors (Lipinski definition) is 0. The third-order valence-electron chi connectivity index (χ3n) is 26.0. The molecule has 578 valence electrons. The molecular weight excluding hydrogens is 1520 g/mol. The number of aromatic nitrogens is 9. The lowest BCUT2D eigenvalue weighted by atomic mass is 9.92. The zero-order valence-electron chi connectivity index (χ0n) is 67.4. The molecule has 0 radical (unpaired) electrons. The fourth-order valence-corrected chi connectivity index (χ4v) is 20.2. The van der Waals surface area contributed by atoms with Gasteiger partial charge in [-0.25, -0.2) is 15.0 Å².